The van der Waals surface area contributed by atoms with Gasteiger partial charge in [-0.3, -0.25) is 4.79 Å². The normalized spacial score (nSPS) is 14.9. The number of furan rings is 1. The van der Waals surface area contributed by atoms with E-state index in [1.165, 1.54) is 37.4 Å². The number of rotatable bonds is 7. The molecular weight excluding hydrogens is 452 g/mol. The quantitative estimate of drug-likeness (QED) is 0.476. The molecule has 2 heterocycles. The predicted octanol–water partition coefficient (Wildman–Crippen LogP) is 3.92. The minimum atomic E-state index is -0.656. The Kier molecular flexibility index (Phi) is 6.96. The summed E-state index contributed by atoms with van der Waals surface area (Å²) in [5, 5.41) is 5.91. The molecule has 2 aromatic carbocycles. The number of hydrogen-bond donors (Lipinski definition) is 0. The highest BCUT2D eigenvalue weighted by atomic mass is 16.5. The Hall–Kier alpha value is -4.40. The molecule has 180 valence electrons. The Balaban J connectivity index is 1.57. The van der Waals surface area contributed by atoms with E-state index < -0.39 is 23.9 Å². The summed E-state index contributed by atoms with van der Waals surface area (Å²) in [6.07, 6.45) is 2.03. The number of hydrazone groups is 1. The Morgan fingerprint density at radius 1 is 1.00 bits per heavy atom. The van der Waals surface area contributed by atoms with Crippen LogP contribution in [0.4, 0.5) is 0 Å². The molecule has 35 heavy (non-hydrogen) atoms. The summed E-state index contributed by atoms with van der Waals surface area (Å²) in [5.41, 5.74) is 2.97. The van der Waals surface area contributed by atoms with Gasteiger partial charge in [0, 0.05) is 6.42 Å². The molecule has 9 nitrogen and oxygen atoms in total. The molecule has 9 heteroatoms. The number of nitrogens with zero attached hydrogens (tertiary/aromatic N) is 2. The minimum Gasteiger partial charge on any atom is -0.484 e. The molecule has 0 saturated carbocycles. The first-order valence-corrected chi connectivity index (χ1v) is 10.8. The monoisotopic (exact) mass is 476 g/mol. The Bertz CT molecular complexity index is 1230. The molecule has 1 atom stereocenters. The van der Waals surface area contributed by atoms with Crippen molar-refractivity contribution < 1.29 is 33.0 Å². The van der Waals surface area contributed by atoms with Gasteiger partial charge in [0.25, 0.3) is 5.91 Å². The number of esters is 2. The topological polar surface area (TPSA) is 108 Å². The van der Waals surface area contributed by atoms with E-state index in [0.29, 0.717) is 12.2 Å². The van der Waals surface area contributed by atoms with Gasteiger partial charge in [-0.15, -0.1) is 0 Å². The van der Waals surface area contributed by atoms with Crippen LogP contribution in [-0.4, -0.2) is 49.4 Å². The standard InChI is InChI=1S/C26H24N2O7/c1-16-6-8-17(9-7-16)21-14-22(23-5-4-10-34-23)28(27-21)24(29)15-35-20-12-18(25(30)32-2)11-19(13-20)26(31)33-3/h4-13,22H,14-15H2,1-3H3. The highest BCUT2D eigenvalue weighted by Crippen LogP contribution is 2.33. The van der Waals surface area contributed by atoms with Crippen LogP contribution in [-0.2, 0) is 14.3 Å². The van der Waals surface area contributed by atoms with Crippen molar-refractivity contribution in [2.24, 2.45) is 5.10 Å². The first-order chi connectivity index (χ1) is 16.9. The lowest BCUT2D eigenvalue weighted by molar-refractivity contribution is -0.135. The number of aryl methyl sites for hydroxylation is 1. The highest BCUT2D eigenvalue weighted by molar-refractivity contribution is 6.03. The minimum absolute atomic E-state index is 0.0900. The number of methoxy groups -OCH3 is 2. The Morgan fingerprint density at radius 2 is 1.66 bits per heavy atom. The number of carbonyl (C=O) groups is 3. The maximum Gasteiger partial charge on any atom is 0.338 e. The number of carbonyl (C=O) groups excluding carboxylic acids is 3. The fourth-order valence-electron chi connectivity index (χ4n) is 3.73. The van der Waals surface area contributed by atoms with Crippen molar-refractivity contribution in [3.63, 3.8) is 0 Å². The second kappa shape index (κ2) is 10.3. The molecule has 1 unspecified atom stereocenters. The van der Waals surface area contributed by atoms with Gasteiger partial charge in [0.2, 0.25) is 0 Å². The van der Waals surface area contributed by atoms with Crippen molar-refractivity contribution >= 4 is 23.6 Å². The van der Waals surface area contributed by atoms with E-state index in [4.69, 9.17) is 18.6 Å². The lowest BCUT2D eigenvalue weighted by atomic mass is 10.0. The Labute approximate surface area is 201 Å². The van der Waals surface area contributed by atoms with Crippen LogP contribution in [0.2, 0.25) is 0 Å². The van der Waals surface area contributed by atoms with E-state index in [0.717, 1.165) is 16.8 Å². The summed E-state index contributed by atoms with van der Waals surface area (Å²) in [7, 11) is 2.45. The number of benzene rings is 2. The third kappa shape index (κ3) is 5.24. The summed E-state index contributed by atoms with van der Waals surface area (Å²) < 4.78 is 20.7. The van der Waals surface area contributed by atoms with Crippen LogP contribution in [0.15, 0.2) is 70.4 Å². The summed E-state index contributed by atoms with van der Waals surface area (Å²) in [6.45, 7) is 1.62. The molecule has 0 radical (unpaired) electrons. The Morgan fingerprint density at radius 3 is 2.23 bits per heavy atom. The van der Waals surface area contributed by atoms with Gasteiger partial charge in [0.05, 0.1) is 37.3 Å². The van der Waals surface area contributed by atoms with Crippen LogP contribution in [0.25, 0.3) is 0 Å². The fraction of sp³-hybridized carbons (Fsp3) is 0.231. The lowest BCUT2D eigenvalue weighted by Gasteiger charge is -2.20. The van der Waals surface area contributed by atoms with E-state index in [1.807, 2.05) is 31.2 Å². The van der Waals surface area contributed by atoms with E-state index in [-0.39, 0.29) is 23.5 Å². The van der Waals surface area contributed by atoms with Crippen molar-refractivity contribution in [1.82, 2.24) is 5.01 Å². The summed E-state index contributed by atoms with van der Waals surface area (Å²) in [5.74, 6) is -0.993. The zero-order chi connectivity index (χ0) is 24.9. The van der Waals surface area contributed by atoms with Crippen LogP contribution in [0, 0.1) is 6.92 Å². The predicted molar refractivity (Wildman–Crippen MR) is 125 cm³/mol. The summed E-state index contributed by atoms with van der Waals surface area (Å²) in [4.78, 5) is 37.2. The van der Waals surface area contributed by atoms with Crippen LogP contribution >= 0.6 is 0 Å². The number of hydrogen-bond acceptors (Lipinski definition) is 8. The van der Waals surface area contributed by atoms with Crippen LogP contribution < -0.4 is 4.74 Å². The molecule has 0 N–H and O–H groups in total. The van der Waals surface area contributed by atoms with E-state index >= 15 is 0 Å². The highest BCUT2D eigenvalue weighted by Gasteiger charge is 2.35. The van der Waals surface area contributed by atoms with Crippen molar-refractivity contribution in [2.45, 2.75) is 19.4 Å². The molecule has 1 aliphatic rings. The smallest absolute Gasteiger partial charge is 0.338 e. The molecule has 4 rings (SSSR count). The van der Waals surface area contributed by atoms with Gasteiger partial charge < -0.3 is 18.6 Å². The molecule has 0 aliphatic carbocycles. The van der Waals surface area contributed by atoms with Crippen LogP contribution in [0.3, 0.4) is 0 Å². The maximum atomic E-state index is 13.2. The summed E-state index contributed by atoms with van der Waals surface area (Å²) >= 11 is 0. The molecule has 3 aromatic rings. The van der Waals surface area contributed by atoms with Crippen LogP contribution in [0.1, 0.15) is 50.1 Å². The van der Waals surface area contributed by atoms with Gasteiger partial charge in [-0.25, -0.2) is 14.6 Å². The van der Waals surface area contributed by atoms with E-state index in [9.17, 15) is 14.4 Å². The fourth-order valence-corrected chi connectivity index (χ4v) is 3.73. The van der Waals surface area contributed by atoms with Crippen molar-refractivity contribution in [3.8, 4) is 5.75 Å². The van der Waals surface area contributed by atoms with Gasteiger partial charge >= 0.3 is 11.9 Å². The second-order valence-electron chi connectivity index (χ2n) is 7.90. The third-order valence-electron chi connectivity index (χ3n) is 5.53. The first-order valence-electron chi connectivity index (χ1n) is 10.8. The van der Waals surface area contributed by atoms with Gasteiger partial charge in [0.1, 0.15) is 17.6 Å². The molecular formula is C26H24N2O7. The summed E-state index contributed by atoms with van der Waals surface area (Å²) in [6, 6.07) is 15.1. The second-order valence-corrected chi connectivity index (χ2v) is 7.90. The zero-order valence-corrected chi connectivity index (χ0v) is 19.5. The average molecular weight is 476 g/mol. The van der Waals surface area contributed by atoms with Crippen molar-refractivity contribution in [1.29, 1.82) is 0 Å². The molecule has 1 aromatic heterocycles. The first kappa shape index (κ1) is 23.7. The molecule has 0 bridgehead atoms. The maximum absolute atomic E-state index is 13.2. The zero-order valence-electron chi connectivity index (χ0n) is 19.5. The van der Waals surface area contributed by atoms with Gasteiger partial charge in [-0.05, 0) is 42.8 Å². The largest absolute Gasteiger partial charge is 0.484 e. The third-order valence-corrected chi connectivity index (χ3v) is 5.53. The molecule has 1 aliphatic heterocycles. The number of ether oxygens (including phenoxy) is 3. The molecule has 1 amide bonds. The lowest BCUT2D eigenvalue weighted by Crippen LogP contribution is -2.31. The van der Waals surface area contributed by atoms with Crippen molar-refractivity contribution in [2.75, 3.05) is 20.8 Å². The van der Waals surface area contributed by atoms with E-state index in [1.54, 1.807) is 18.4 Å². The SMILES string of the molecule is COC(=O)c1cc(OCC(=O)N2N=C(c3ccc(C)cc3)CC2c2ccco2)cc(C(=O)OC)c1. The average Bonchev–Trinajstić information content (AvgIpc) is 3.57. The molecule has 0 spiro atoms. The van der Waals surface area contributed by atoms with Gasteiger partial charge in [-0.2, -0.15) is 5.10 Å². The molecule has 0 fully saturated rings. The van der Waals surface area contributed by atoms with Gasteiger partial charge in [-0.1, -0.05) is 29.8 Å². The van der Waals surface area contributed by atoms with Crippen LogP contribution in [0.5, 0.6) is 5.75 Å². The van der Waals surface area contributed by atoms with E-state index in [2.05, 4.69) is 5.10 Å². The van der Waals surface area contributed by atoms with Crippen molar-refractivity contribution in [3.05, 3.63) is 88.9 Å². The molecule has 0 saturated heterocycles. The number of amides is 1. The van der Waals surface area contributed by atoms with Gasteiger partial charge in [0.15, 0.2) is 6.61 Å².